The average molecular weight is 203 g/mol. The molecule has 0 aromatic heterocycles. The van der Waals surface area contributed by atoms with Gasteiger partial charge in [-0.2, -0.15) is 10.3 Å². The molecule has 0 N–H and O–H groups in total. The summed E-state index contributed by atoms with van der Waals surface area (Å²) in [5.41, 5.74) is 0. The maximum absolute atomic E-state index is 10.6. The Labute approximate surface area is 105 Å². The van der Waals surface area contributed by atoms with Crippen molar-refractivity contribution in [2.45, 2.75) is 25.8 Å². The van der Waals surface area contributed by atoms with Crippen molar-refractivity contribution in [1.82, 2.24) is 4.90 Å². The summed E-state index contributed by atoms with van der Waals surface area (Å²) in [7, 11) is 0. The molecule has 0 unspecified atom stereocenters. The van der Waals surface area contributed by atoms with Gasteiger partial charge in [-0.3, -0.25) is 0 Å². The Kier molecular flexibility index (Phi) is 5.77. The SMILES string of the molecule is CC(=NC#N)N1CCC[C@H]1C(=O)[O-].[Na+]. The predicted molar refractivity (Wildman–Crippen MR) is 43.5 cm³/mol. The fraction of sp³-hybridized carbons (Fsp3) is 0.625. The normalized spacial score (nSPS) is 21.3. The summed E-state index contributed by atoms with van der Waals surface area (Å²) in [6, 6.07) is -0.614. The number of amidine groups is 1. The predicted octanol–water partition coefficient (Wildman–Crippen LogP) is -3.90. The molecule has 0 amide bonds. The number of aliphatic carboxylic acids is 1. The second kappa shape index (κ2) is 6.02. The van der Waals surface area contributed by atoms with Crippen LogP contribution in [0.25, 0.3) is 0 Å². The zero-order valence-electron chi connectivity index (χ0n) is 8.36. The molecule has 0 spiro atoms. The molecule has 14 heavy (non-hydrogen) atoms. The van der Waals surface area contributed by atoms with Crippen molar-refractivity contribution in [2.24, 2.45) is 4.99 Å². The Hall–Kier alpha value is -0.570. The molecule has 0 radical (unpaired) electrons. The van der Waals surface area contributed by atoms with Gasteiger partial charge < -0.3 is 14.8 Å². The second-order valence-electron chi connectivity index (χ2n) is 2.93. The van der Waals surface area contributed by atoms with E-state index in [4.69, 9.17) is 5.26 Å². The van der Waals surface area contributed by atoms with Crippen LogP contribution in [0.15, 0.2) is 4.99 Å². The minimum Gasteiger partial charge on any atom is -0.548 e. The Morgan fingerprint density at radius 2 is 2.36 bits per heavy atom. The molecule has 0 bridgehead atoms. The first-order valence-corrected chi connectivity index (χ1v) is 4.07. The van der Waals surface area contributed by atoms with E-state index < -0.39 is 12.0 Å². The summed E-state index contributed by atoms with van der Waals surface area (Å²) in [6.45, 7) is 2.26. The Morgan fingerprint density at radius 1 is 1.71 bits per heavy atom. The van der Waals surface area contributed by atoms with E-state index in [1.54, 1.807) is 18.0 Å². The van der Waals surface area contributed by atoms with E-state index in [1.165, 1.54) is 0 Å². The number of carboxylic acids is 1. The molecule has 1 aliphatic rings. The van der Waals surface area contributed by atoms with Crippen molar-refractivity contribution in [3.8, 4) is 6.19 Å². The van der Waals surface area contributed by atoms with Gasteiger partial charge in [0, 0.05) is 6.54 Å². The van der Waals surface area contributed by atoms with Gasteiger partial charge in [0.15, 0.2) is 0 Å². The van der Waals surface area contributed by atoms with Crippen molar-refractivity contribution in [3.05, 3.63) is 0 Å². The molecule has 1 fully saturated rings. The minimum atomic E-state index is -1.09. The fourth-order valence-electron chi connectivity index (χ4n) is 1.54. The number of carbonyl (C=O) groups excluding carboxylic acids is 1. The molecule has 70 valence electrons. The van der Waals surface area contributed by atoms with Crippen LogP contribution in [0.1, 0.15) is 19.8 Å². The van der Waals surface area contributed by atoms with Crippen LogP contribution < -0.4 is 34.7 Å². The first-order valence-electron chi connectivity index (χ1n) is 4.07. The van der Waals surface area contributed by atoms with E-state index in [0.717, 1.165) is 6.42 Å². The number of aliphatic imine (C=N–C) groups is 1. The fourth-order valence-corrected chi connectivity index (χ4v) is 1.54. The van der Waals surface area contributed by atoms with E-state index in [1.807, 2.05) is 0 Å². The van der Waals surface area contributed by atoms with Crippen LogP contribution in [-0.2, 0) is 4.79 Å². The van der Waals surface area contributed by atoms with E-state index in [2.05, 4.69) is 4.99 Å². The van der Waals surface area contributed by atoms with Gasteiger partial charge in [0.2, 0.25) is 6.19 Å². The van der Waals surface area contributed by atoms with Gasteiger partial charge in [0.1, 0.15) is 5.84 Å². The number of carbonyl (C=O) groups is 1. The summed E-state index contributed by atoms with van der Waals surface area (Å²) < 4.78 is 0. The van der Waals surface area contributed by atoms with E-state index in [-0.39, 0.29) is 29.6 Å². The van der Waals surface area contributed by atoms with Crippen LogP contribution in [-0.4, -0.2) is 29.3 Å². The number of rotatable bonds is 1. The van der Waals surface area contributed by atoms with E-state index >= 15 is 0 Å². The smallest absolute Gasteiger partial charge is 0.548 e. The molecule has 1 rings (SSSR count). The van der Waals surface area contributed by atoms with Crippen LogP contribution in [0.5, 0.6) is 0 Å². The number of likely N-dealkylation sites (tertiary alicyclic amines) is 1. The summed E-state index contributed by atoms with van der Waals surface area (Å²) in [5.74, 6) is -0.640. The summed E-state index contributed by atoms with van der Waals surface area (Å²) >= 11 is 0. The number of hydrogen-bond acceptors (Lipinski definition) is 4. The molecule has 0 saturated carbocycles. The van der Waals surface area contributed by atoms with Crippen LogP contribution >= 0.6 is 0 Å². The van der Waals surface area contributed by atoms with Gasteiger partial charge in [-0.15, -0.1) is 0 Å². The third-order valence-electron chi connectivity index (χ3n) is 2.15. The standard InChI is InChI=1S/C8H11N3O2.Na/c1-6(10-5-9)11-4-2-3-7(11)8(12)13;/h7H,2-4H2,1H3,(H,12,13);/q;+1/p-1/t7-;/m0./s1. The van der Waals surface area contributed by atoms with E-state index in [9.17, 15) is 9.90 Å². The molecule has 1 aliphatic heterocycles. The maximum atomic E-state index is 10.6. The average Bonchev–Trinajstić information content (AvgIpc) is 2.52. The second-order valence-corrected chi connectivity index (χ2v) is 2.93. The van der Waals surface area contributed by atoms with Crippen LogP contribution in [0.2, 0.25) is 0 Å². The van der Waals surface area contributed by atoms with Crippen LogP contribution in [0, 0.1) is 11.5 Å². The molecule has 1 atom stereocenters. The Bertz CT molecular complexity index is 285. The quantitative estimate of drug-likeness (QED) is 0.189. The molecule has 0 aromatic rings. The largest absolute Gasteiger partial charge is 1.00 e. The molecular weight excluding hydrogens is 193 g/mol. The number of carboxylic acid groups (broad SMARTS) is 1. The van der Waals surface area contributed by atoms with Gasteiger partial charge in [-0.25, -0.2) is 0 Å². The molecule has 0 aliphatic carbocycles. The molecular formula is C8H10N3NaO2. The molecule has 5 nitrogen and oxygen atoms in total. The Morgan fingerprint density at radius 3 is 2.86 bits per heavy atom. The zero-order chi connectivity index (χ0) is 9.84. The minimum absolute atomic E-state index is 0. The van der Waals surface area contributed by atoms with Crippen LogP contribution in [0.4, 0.5) is 0 Å². The van der Waals surface area contributed by atoms with Crippen molar-refractivity contribution in [2.75, 3.05) is 6.54 Å². The number of nitrogens with zero attached hydrogens (tertiary/aromatic N) is 3. The van der Waals surface area contributed by atoms with Crippen molar-refractivity contribution < 1.29 is 39.5 Å². The third-order valence-corrected chi connectivity index (χ3v) is 2.15. The summed E-state index contributed by atoms with van der Waals surface area (Å²) in [6.07, 6.45) is 3.01. The Balaban J connectivity index is 0.00000169. The topological polar surface area (TPSA) is 79.5 Å². The van der Waals surface area contributed by atoms with Gasteiger partial charge in [-0.05, 0) is 19.8 Å². The van der Waals surface area contributed by atoms with Gasteiger partial charge >= 0.3 is 29.6 Å². The monoisotopic (exact) mass is 203 g/mol. The van der Waals surface area contributed by atoms with Crippen LogP contribution in [0.3, 0.4) is 0 Å². The summed E-state index contributed by atoms with van der Waals surface area (Å²) in [5, 5.41) is 18.9. The first-order chi connectivity index (χ1) is 6.16. The zero-order valence-corrected chi connectivity index (χ0v) is 10.4. The van der Waals surface area contributed by atoms with Crippen molar-refractivity contribution >= 4 is 11.8 Å². The van der Waals surface area contributed by atoms with Gasteiger partial charge in [0.25, 0.3) is 0 Å². The molecule has 6 heteroatoms. The third kappa shape index (κ3) is 2.98. The maximum Gasteiger partial charge on any atom is 1.00 e. The van der Waals surface area contributed by atoms with Crippen molar-refractivity contribution in [1.29, 1.82) is 5.26 Å². The molecule has 1 heterocycles. The number of nitriles is 1. The molecule has 1 saturated heterocycles. The number of hydrogen-bond donors (Lipinski definition) is 0. The van der Waals surface area contributed by atoms with E-state index in [0.29, 0.717) is 18.8 Å². The van der Waals surface area contributed by atoms with Crippen molar-refractivity contribution in [3.63, 3.8) is 0 Å². The molecule has 0 aromatic carbocycles. The van der Waals surface area contributed by atoms with Gasteiger partial charge in [0.05, 0.1) is 12.0 Å². The van der Waals surface area contributed by atoms with Gasteiger partial charge in [-0.1, -0.05) is 0 Å². The summed E-state index contributed by atoms with van der Waals surface area (Å²) in [4.78, 5) is 15.7. The first kappa shape index (κ1) is 13.4.